The molecule has 0 amide bonds. The first-order chi connectivity index (χ1) is 8.72. The summed E-state index contributed by atoms with van der Waals surface area (Å²) in [7, 11) is 0. The summed E-state index contributed by atoms with van der Waals surface area (Å²) in [5.74, 6) is 1.53. The zero-order valence-electron chi connectivity index (χ0n) is 10.6. The average Bonchev–Trinajstić information content (AvgIpc) is 2.95. The van der Waals surface area contributed by atoms with Crippen LogP contribution in [0.2, 0.25) is 0 Å². The molecule has 18 heavy (non-hydrogen) atoms. The van der Waals surface area contributed by atoms with E-state index in [0.717, 1.165) is 36.2 Å². The van der Waals surface area contributed by atoms with Crippen molar-refractivity contribution in [3.05, 3.63) is 23.8 Å². The summed E-state index contributed by atoms with van der Waals surface area (Å²) >= 11 is 0. The monoisotopic (exact) mass is 246 g/mol. The largest absolute Gasteiger partial charge is 0.448 e. The Balaban J connectivity index is 1.84. The van der Waals surface area contributed by atoms with Gasteiger partial charge < -0.3 is 14.3 Å². The van der Waals surface area contributed by atoms with Gasteiger partial charge in [0.25, 0.3) is 5.79 Å². The van der Waals surface area contributed by atoms with Gasteiger partial charge in [0, 0.05) is 19.3 Å². The van der Waals surface area contributed by atoms with Gasteiger partial charge in [-0.25, -0.2) is 0 Å². The van der Waals surface area contributed by atoms with Gasteiger partial charge in [-0.05, 0) is 36.5 Å². The first-order valence-electron chi connectivity index (χ1n) is 6.68. The molecule has 1 fully saturated rings. The molecule has 0 saturated heterocycles. The SMILES string of the molecule is CC(CC=O)c1ccc2c(c1)OC1(CCCC1)O2. The molecule has 1 aromatic carbocycles. The van der Waals surface area contributed by atoms with Crippen LogP contribution in [-0.4, -0.2) is 12.1 Å². The van der Waals surface area contributed by atoms with Crippen molar-refractivity contribution in [1.82, 2.24) is 0 Å². The van der Waals surface area contributed by atoms with Gasteiger partial charge in [0.1, 0.15) is 6.29 Å². The summed E-state index contributed by atoms with van der Waals surface area (Å²) in [6.07, 6.45) is 5.80. The van der Waals surface area contributed by atoms with Gasteiger partial charge in [-0.15, -0.1) is 0 Å². The molecule has 96 valence electrons. The Morgan fingerprint density at radius 3 is 2.72 bits per heavy atom. The zero-order valence-corrected chi connectivity index (χ0v) is 10.6. The number of hydrogen-bond donors (Lipinski definition) is 0. The normalized spacial score (nSPS) is 21.2. The quantitative estimate of drug-likeness (QED) is 0.766. The van der Waals surface area contributed by atoms with Crippen molar-refractivity contribution in [3.63, 3.8) is 0 Å². The van der Waals surface area contributed by atoms with E-state index in [0.29, 0.717) is 6.42 Å². The van der Waals surface area contributed by atoms with E-state index in [4.69, 9.17) is 9.47 Å². The fourth-order valence-corrected chi connectivity index (χ4v) is 2.82. The van der Waals surface area contributed by atoms with E-state index in [2.05, 4.69) is 6.92 Å². The van der Waals surface area contributed by atoms with Crippen molar-refractivity contribution in [1.29, 1.82) is 0 Å². The maximum atomic E-state index is 10.6. The van der Waals surface area contributed by atoms with Gasteiger partial charge in [0.15, 0.2) is 11.5 Å². The third kappa shape index (κ3) is 1.88. The number of carbonyl (C=O) groups excluding carboxylic acids is 1. The summed E-state index contributed by atoms with van der Waals surface area (Å²) in [6.45, 7) is 2.05. The van der Waals surface area contributed by atoms with E-state index in [1.165, 1.54) is 12.8 Å². The Bertz CT molecular complexity index is 461. The summed E-state index contributed by atoms with van der Waals surface area (Å²) in [4.78, 5) is 10.6. The molecule has 1 spiro atoms. The van der Waals surface area contributed by atoms with E-state index in [1.54, 1.807) is 0 Å². The Morgan fingerprint density at radius 1 is 1.28 bits per heavy atom. The lowest BCUT2D eigenvalue weighted by molar-refractivity contribution is -0.108. The molecule has 1 unspecified atom stereocenters. The number of carbonyl (C=O) groups is 1. The molecule has 1 aliphatic heterocycles. The highest BCUT2D eigenvalue weighted by Crippen LogP contribution is 2.47. The smallest absolute Gasteiger partial charge is 0.251 e. The molecule has 0 aromatic heterocycles. The van der Waals surface area contributed by atoms with Gasteiger partial charge >= 0.3 is 0 Å². The van der Waals surface area contributed by atoms with E-state index < -0.39 is 5.79 Å². The standard InChI is InChI=1S/C15H18O3/c1-11(6-9-16)12-4-5-13-14(10-12)18-15(17-13)7-2-3-8-15/h4-5,9-11H,2-3,6-8H2,1H3. The summed E-state index contributed by atoms with van der Waals surface area (Å²) in [6, 6.07) is 6.03. The minimum absolute atomic E-state index is 0.233. The number of ether oxygens (including phenoxy) is 2. The molecule has 1 aliphatic carbocycles. The molecule has 0 N–H and O–H groups in total. The van der Waals surface area contributed by atoms with Crippen LogP contribution in [0, 0.1) is 0 Å². The van der Waals surface area contributed by atoms with Crippen molar-refractivity contribution in [2.45, 2.75) is 50.7 Å². The summed E-state index contributed by atoms with van der Waals surface area (Å²) in [5.41, 5.74) is 1.14. The second-order valence-corrected chi connectivity index (χ2v) is 5.33. The van der Waals surface area contributed by atoms with Crippen LogP contribution in [0.4, 0.5) is 0 Å². The van der Waals surface area contributed by atoms with Crippen LogP contribution in [0.5, 0.6) is 11.5 Å². The number of rotatable bonds is 3. The Labute approximate surface area is 107 Å². The van der Waals surface area contributed by atoms with Gasteiger partial charge in [0.05, 0.1) is 0 Å². The Morgan fingerprint density at radius 2 is 2.00 bits per heavy atom. The molecule has 3 nitrogen and oxygen atoms in total. The molecular formula is C15H18O3. The van der Waals surface area contributed by atoms with Gasteiger partial charge in [-0.3, -0.25) is 0 Å². The lowest BCUT2D eigenvalue weighted by Gasteiger charge is -2.21. The molecule has 3 rings (SSSR count). The van der Waals surface area contributed by atoms with Crippen molar-refractivity contribution in [2.75, 3.05) is 0 Å². The molecule has 1 atom stereocenters. The predicted molar refractivity (Wildman–Crippen MR) is 68.0 cm³/mol. The van der Waals surface area contributed by atoms with Crippen molar-refractivity contribution >= 4 is 6.29 Å². The summed E-state index contributed by atoms with van der Waals surface area (Å²) in [5, 5.41) is 0. The molecule has 3 heteroatoms. The lowest BCUT2D eigenvalue weighted by atomic mass is 9.98. The van der Waals surface area contributed by atoms with E-state index in [-0.39, 0.29) is 5.92 Å². The first-order valence-corrected chi connectivity index (χ1v) is 6.68. The molecule has 2 aliphatic rings. The number of hydrogen-bond acceptors (Lipinski definition) is 3. The van der Waals surface area contributed by atoms with Crippen LogP contribution in [-0.2, 0) is 4.79 Å². The highest BCUT2D eigenvalue weighted by Gasteiger charge is 2.44. The molecule has 1 aromatic rings. The maximum absolute atomic E-state index is 10.6. The highest BCUT2D eigenvalue weighted by molar-refractivity contribution is 5.53. The molecule has 0 bridgehead atoms. The van der Waals surface area contributed by atoms with Gasteiger partial charge in [-0.1, -0.05) is 13.0 Å². The van der Waals surface area contributed by atoms with E-state index in [1.807, 2.05) is 18.2 Å². The number of aldehydes is 1. The fraction of sp³-hybridized carbons (Fsp3) is 0.533. The Hall–Kier alpha value is -1.51. The highest BCUT2D eigenvalue weighted by atomic mass is 16.7. The molecular weight excluding hydrogens is 228 g/mol. The minimum atomic E-state index is -0.394. The predicted octanol–water partition coefficient (Wildman–Crippen LogP) is 3.42. The van der Waals surface area contributed by atoms with Gasteiger partial charge in [0.2, 0.25) is 0 Å². The Kier molecular flexibility index (Phi) is 2.77. The number of benzene rings is 1. The van der Waals surface area contributed by atoms with Crippen LogP contribution >= 0.6 is 0 Å². The third-order valence-corrected chi connectivity index (χ3v) is 3.94. The average molecular weight is 246 g/mol. The maximum Gasteiger partial charge on any atom is 0.251 e. The first kappa shape index (κ1) is 11.6. The summed E-state index contributed by atoms with van der Waals surface area (Å²) < 4.78 is 12.0. The van der Waals surface area contributed by atoms with Crippen molar-refractivity contribution in [3.8, 4) is 11.5 Å². The van der Waals surface area contributed by atoms with Crippen LogP contribution in [0.25, 0.3) is 0 Å². The van der Waals surface area contributed by atoms with Crippen molar-refractivity contribution < 1.29 is 14.3 Å². The topological polar surface area (TPSA) is 35.5 Å². The number of fused-ring (bicyclic) bond motifs is 1. The van der Waals surface area contributed by atoms with E-state index >= 15 is 0 Å². The molecule has 0 radical (unpaired) electrons. The van der Waals surface area contributed by atoms with Crippen LogP contribution in [0.1, 0.15) is 50.5 Å². The van der Waals surface area contributed by atoms with Crippen molar-refractivity contribution in [2.24, 2.45) is 0 Å². The minimum Gasteiger partial charge on any atom is -0.448 e. The molecule has 1 heterocycles. The molecule has 1 saturated carbocycles. The zero-order chi connectivity index (χ0) is 12.6. The second-order valence-electron chi connectivity index (χ2n) is 5.33. The third-order valence-electron chi connectivity index (χ3n) is 3.94. The fourth-order valence-electron chi connectivity index (χ4n) is 2.82. The second kappa shape index (κ2) is 4.30. The van der Waals surface area contributed by atoms with E-state index in [9.17, 15) is 4.79 Å². The lowest BCUT2D eigenvalue weighted by Crippen LogP contribution is -2.34. The van der Waals surface area contributed by atoms with Crippen LogP contribution in [0.15, 0.2) is 18.2 Å². The van der Waals surface area contributed by atoms with Crippen LogP contribution < -0.4 is 9.47 Å². The van der Waals surface area contributed by atoms with Crippen LogP contribution in [0.3, 0.4) is 0 Å². The van der Waals surface area contributed by atoms with Gasteiger partial charge in [-0.2, -0.15) is 0 Å².